The second-order valence-corrected chi connectivity index (χ2v) is 9.82. The van der Waals surface area contributed by atoms with Gasteiger partial charge in [0, 0.05) is 37.0 Å². The molecule has 3 heterocycles. The van der Waals surface area contributed by atoms with E-state index in [2.05, 4.69) is 4.98 Å². The van der Waals surface area contributed by atoms with Crippen molar-refractivity contribution in [1.29, 1.82) is 0 Å². The van der Waals surface area contributed by atoms with Gasteiger partial charge in [-0.25, -0.2) is 14.4 Å². The number of carbonyl (C=O) groups excluding carboxylic acids is 1. The number of nitrogen functional groups attached to an aromatic ring is 1. The van der Waals surface area contributed by atoms with Crippen molar-refractivity contribution >= 4 is 28.8 Å². The molecule has 0 spiro atoms. The third-order valence-corrected chi connectivity index (χ3v) is 6.39. The Morgan fingerprint density at radius 1 is 1.29 bits per heavy atom. The Balaban J connectivity index is 1.89. The molecular formula is C25H31ClFN5O3. The number of nitrogens with two attached hydrogens (primary N) is 1. The topological polar surface area (TPSA) is 95.0 Å². The fraction of sp³-hybridized carbons (Fsp3) is 0.480. The quantitative estimate of drug-likeness (QED) is 0.546. The zero-order chi connectivity index (χ0) is 25.6. The van der Waals surface area contributed by atoms with Gasteiger partial charge in [-0.05, 0) is 40.7 Å². The third kappa shape index (κ3) is 4.67. The lowest BCUT2D eigenvalue weighted by Gasteiger charge is -2.36. The zero-order valence-corrected chi connectivity index (χ0v) is 21.6. The highest BCUT2D eigenvalue weighted by atomic mass is 35.5. The van der Waals surface area contributed by atoms with Crippen LogP contribution < -0.4 is 10.5 Å². The van der Waals surface area contributed by atoms with E-state index >= 15 is 4.39 Å². The molecule has 3 unspecified atom stereocenters. The van der Waals surface area contributed by atoms with E-state index in [9.17, 15) is 4.79 Å². The van der Waals surface area contributed by atoms with E-state index < -0.39 is 17.6 Å². The van der Waals surface area contributed by atoms with E-state index in [1.54, 1.807) is 17.3 Å². The van der Waals surface area contributed by atoms with Crippen molar-refractivity contribution in [3.63, 3.8) is 0 Å². The fourth-order valence-electron chi connectivity index (χ4n) is 4.72. The maximum absolute atomic E-state index is 15.5. The third-order valence-electron chi connectivity index (χ3n) is 6.11. The first-order valence-electron chi connectivity index (χ1n) is 11.7. The fourth-order valence-corrected chi connectivity index (χ4v) is 4.93. The number of hydrogen-bond acceptors (Lipinski definition) is 6. The summed E-state index contributed by atoms with van der Waals surface area (Å²) in [5.41, 5.74) is 7.89. The second kappa shape index (κ2) is 9.62. The predicted molar refractivity (Wildman–Crippen MR) is 133 cm³/mol. The Hall–Kier alpha value is -2.91. The molecule has 0 radical (unpaired) electrons. The molecule has 4 rings (SSSR count). The summed E-state index contributed by atoms with van der Waals surface area (Å²) in [7, 11) is 0. The first kappa shape index (κ1) is 25.2. The van der Waals surface area contributed by atoms with E-state index in [0.717, 1.165) is 0 Å². The number of anilines is 1. The molecule has 2 aromatic heterocycles. The van der Waals surface area contributed by atoms with Gasteiger partial charge in [0.25, 0.3) is 5.91 Å². The minimum atomic E-state index is -0.798. The number of morpholine rings is 1. The number of fused-ring (bicyclic) bond motifs is 1. The van der Waals surface area contributed by atoms with Crippen LogP contribution in [-0.4, -0.2) is 56.6 Å². The van der Waals surface area contributed by atoms with Crippen LogP contribution in [-0.2, 0) is 4.74 Å². The van der Waals surface area contributed by atoms with Crippen LogP contribution in [0, 0.1) is 12.7 Å². The molecule has 1 saturated heterocycles. The van der Waals surface area contributed by atoms with Gasteiger partial charge in [0.05, 0.1) is 29.0 Å². The summed E-state index contributed by atoms with van der Waals surface area (Å²) in [6.45, 7) is 11.9. The number of nitrogens with zero attached hydrogens (tertiary/aromatic N) is 4. The smallest absolute Gasteiger partial charge is 0.260 e. The number of halogens is 2. The van der Waals surface area contributed by atoms with Gasteiger partial charge in [-0.15, -0.1) is 0 Å². The van der Waals surface area contributed by atoms with Gasteiger partial charge in [-0.2, -0.15) is 0 Å². The van der Waals surface area contributed by atoms with Gasteiger partial charge >= 0.3 is 0 Å². The summed E-state index contributed by atoms with van der Waals surface area (Å²) in [5, 5.41) is -0.153. The summed E-state index contributed by atoms with van der Waals surface area (Å²) in [6.07, 6.45) is 2.72. The zero-order valence-electron chi connectivity index (χ0n) is 20.8. The van der Waals surface area contributed by atoms with Crippen LogP contribution in [0.25, 0.3) is 5.52 Å². The van der Waals surface area contributed by atoms with Crippen molar-refractivity contribution in [2.45, 2.75) is 65.8 Å². The van der Waals surface area contributed by atoms with Gasteiger partial charge in [-0.1, -0.05) is 18.5 Å². The lowest BCUT2D eigenvalue weighted by atomic mass is 9.95. The molecule has 1 amide bonds. The summed E-state index contributed by atoms with van der Waals surface area (Å²) in [4.78, 5) is 24.2. The standard InChI is InChI=1S/C25H31ClFN5O3/c1-12(2)34-22-17(15(5)24-30-16(6)21-23(28)29-7-8-32(21)24)9-18(26)20(27)19(22)25(33)31-10-13(3)35-14(4)11-31/h7-9,12-15H,10-11H2,1-6H3,(H2,28,29). The number of aromatic nitrogens is 3. The van der Waals surface area contributed by atoms with Crippen LogP contribution in [0.5, 0.6) is 5.75 Å². The number of imidazole rings is 1. The summed E-state index contributed by atoms with van der Waals surface area (Å²) >= 11 is 6.36. The molecule has 1 aromatic carbocycles. The van der Waals surface area contributed by atoms with Crippen molar-refractivity contribution in [2.24, 2.45) is 0 Å². The number of aryl methyl sites for hydroxylation is 1. The average Bonchev–Trinajstić information content (AvgIpc) is 3.12. The molecular weight excluding hydrogens is 473 g/mol. The van der Waals surface area contributed by atoms with Crippen molar-refractivity contribution in [1.82, 2.24) is 19.3 Å². The van der Waals surface area contributed by atoms with Crippen LogP contribution in [0.3, 0.4) is 0 Å². The van der Waals surface area contributed by atoms with Crippen molar-refractivity contribution in [3.05, 3.63) is 51.9 Å². The molecule has 3 aromatic rings. The number of ether oxygens (including phenoxy) is 2. The van der Waals surface area contributed by atoms with Crippen molar-refractivity contribution in [3.8, 4) is 5.75 Å². The highest BCUT2D eigenvalue weighted by Crippen LogP contribution is 2.40. The average molecular weight is 504 g/mol. The summed E-state index contributed by atoms with van der Waals surface area (Å²) in [5.74, 6) is -0.504. The number of amides is 1. The molecule has 8 nitrogen and oxygen atoms in total. The Kier molecular flexibility index (Phi) is 6.92. The molecule has 0 bridgehead atoms. The van der Waals surface area contributed by atoms with E-state index in [1.165, 1.54) is 6.07 Å². The van der Waals surface area contributed by atoms with Gasteiger partial charge in [0.1, 0.15) is 28.5 Å². The van der Waals surface area contributed by atoms with Crippen LogP contribution in [0.2, 0.25) is 5.02 Å². The summed E-state index contributed by atoms with van der Waals surface area (Å²) in [6, 6.07) is 1.52. The molecule has 1 aliphatic heterocycles. The van der Waals surface area contributed by atoms with E-state index in [4.69, 9.17) is 31.8 Å². The van der Waals surface area contributed by atoms with Crippen LogP contribution in [0.1, 0.15) is 68.0 Å². The minimum Gasteiger partial charge on any atom is -0.490 e. The predicted octanol–water partition coefficient (Wildman–Crippen LogP) is 4.60. The Bertz CT molecular complexity index is 1270. The molecule has 3 atom stereocenters. The van der Waals surface area contributed by atoms with Gasteiger partial charge in [0.15, 0.2) is 5.82 Å². The normalized spacial score (nSPS) is 19.4. The number of carbonyl (C=O) groups is 1. The maximum atomic E-state index is 15.5. The Morgan fingerprint density at radius 2 is 1.94 bits per heavy atom. The van der Waals surface area contributed by atoms with Crippen molar-refractivity contribution < 1.29 is 18.7 Å². The summed E-state index contributed by atoms with van der Waals surface area (Å²) < 4.78 is 29.2. The molecule has 1 aliphatic rings. The SMILES string of the molecule is Cc1nc(C(C)c2cc(Cl)c(F)c(C(=O)N3CC(C)OC(C)C3)c2OC(C)C)n2ccnc(N)c12. The lowest BCUT2D eigenvalue weighted by Crippen LogP contribution is -2.48. The first-order chi connectivity index (χ1) is 16.5. The van der Waals surface area contributed by atoms with Gasteiger partial charge < -0.3 is 20.1 Å². The maximum Gasteiger partial charge on any atom is 0.260 e. The van der Waals surface area contributed by atoms with E-state index in [1.807, 2.05) is 45.9 Å². The second-order valence-electron chi connectivity index (χ2n) is 9.41. The lowest BCUT2D eigenvalue weighted by molar-refractivity contribution is -0.0588. The molecule has 188 valence electrons. The highest BCUT2D eigenvalue weighted by molar-refractivity contribution is 6.31. The van der Waals surface area contributed by atoms with E-state index in [-0.39, 0.29) is 34.6 Å². The first-order valence-corrected chi connectivity index (χ1v) is 12.1. The molecule has 0 saturated carbocycles. The Labute approximate surface area is 209 Å². The number of rotatable bonds is 5. The van der Waals surface area contributed by atoms with E-state index in [0.29, 0.717) is 41.5 Å². The monoisotopic (exact) mass is 503 g/mol. The minimum absolute atomic E-state index is 0.153. The van der Waals surface area contributed by atoms with Gasteiger partial charge in [-0.3, -0.25) is 9.20 Å². The van der Waals surface area contributed by atoms with Gasteiger partial charge in [0.2, 0.25) is 0 Å². The van der Waals surface area contributed by atoms with Crippen LogP contribution in [0.15, 0.2) is 18.5 Å². The molecule has 2 N–H and O–H groups in total. The molecule has 0 aliphatic carbocycles. The Morgan fingerprint density at radius 3 is 2.57 bits per heavy atom. The highest BCUT2D eigenvalue weighted by Gasteiger charge is 2.34. The molecule has 1 fully saturated rings. The number of hydrogen-bond donors (Lipinski definition) is 1. The number of benzene rings is 1. The largest absolute Gasteiger partial charge is 0.490 e. The van der Waals surface area contributed by atoms with Crippen LogP contribution in [0.4, 0.5) is 10.2 Å². The van der Waals surface area contributed by atoms with Crippen molar-refractivity contribution in [2.75, 3.05) is 18.8 Å². The molecule has 10 heteroatoms. The van der Waals surface area contributed by atoms with Crippen LogP contribution >= 0.6 is 11.6 Å². The molecule has 35 heavy (non-hydrogen) atoms.